The fourth-order valence-corrected chi connectivity index (χ4v) is 3.79. The fourth-order valence-electron chi connectivity index (χ4n) is 3.79. The van der Waals surface area contributed by atoms with Crippen molar-refractivity contribution in [2.45, 2.75) is 125 Å². The van der Waals surface area contributed by atoms with Crippen LogP contribution in [0.2, 0.25) is 0 Å². The van der Waals surface area contributed by atoms with Gasteiger partial charge in [-0.25, -0.2) is 0 Å². The van der Waals surface area contributed by atoms with Gasteiger partial charge in [0.15, 0.2) is 0 Å². The highest BCUT2D eigenvalue weighted by Crippen LogP contribution is 2.23. The molecule has 0 atom stereocenters. The van der Waals surface area contributed by atoms with Crippen molar-refractivity contribution >= 4 is 0 Å². The minimum Gasteiger partial charge on any atom is -0.508 e. The third-order valence-corrected chi connectivity index (χ3v) is 5.85. The number of benzene rings is 1. The number of aromatic hydroxyl groups is 1. The lowest BCUT2D eigenvalue weighted by Gasteiger charge is -2.09. The summed E-state index contributed by atoms with van der Waals surface area (Å²) in [4.78, 5) is 0. The average Bonchev–Trinajstić information content (AvgIpc) is 2.75. The summed E-state index contributed by atoms with van der Waals surface area (Å²) in [5, 5.41) is 10.1. The number of aryl methyl sites for hydroxylation is 2. The highest BCUT2D eigenvalue weighted by Gasteiger charge is 2.04. The predicted octanol–water partition coefficient (Wildman–Crippen LogP) is 9.64. The summed E-state index contributed by atoms with van der Waals surface area (Å²) >= 11 is 0. The molecule has 0 unspecified atom stereocenters. The molecule has 0 radical (unpaired) electrons. The SMILES string of the molecule is C=COCCCCCC.CC(C)CCCCCc1ccc(O)c(CCCCCC(C)C)c1. The van der Waals surface area contributed by atoms with E-state index < -0.39 is 0 Å². The monoisotopic (exact) mass is 446 g/mol. The van der Waals surface area contributed by atoms with Crippen molar-refractivity contribution in [2.24, 2.45) is 11.8 Å². The van der Waals surface area contributed by atoms with E-state index >= 15 is 0 Å². The average molecular weight is 447 g/mol. The number of phenols is 1. The first-order valence-corrected chi connectivity index (χ1v) is 13.4. The number of phenolic OH excluding ortho intramolecular Hbond substituents is 1. The number of rotatable bonds is 18. The maximum Gasteiger partial charge on any atom is 0.118 e. The summed E-state index contributed by atoms with van der Waals surface area (Å²) in [6.45, 7) is 15.7. The van der Waals surface area contributed by atoms with Gasteiger partial charge in [0.1, 0.15) is 5.75 Å². The van der Waals surface area contributed by atoms with Gasteiger partial charge in [0.25, 0.3) is 0 Å². The quantitative estimate of drug-likeness (QED) is 0.180. The molecule has 2 nitrogen and oxygen atoms in total. The van der Waals surface area contributed by atoms with Crippen LogP contribution in [0.4, 0.5) is 0 Å². The number of hydrogen-bond donors (Lipinski definition) is 1. The fraction of sp³-hybridized carbons (Fsp3) is 0.733. The van der Waals surface area contributed by atoms with E-state index in [9.17, 15) is 5.11 Å². The van der Waals surface area contributed by atoms with Crippen molar-refractivity contribution in [1.82, 2.24) is 0 Å². The van der Waals surface area contributed by atoms with Gasteiger partial charge < -0.3 is 9.84 Å². The van der Waals surface area contributed by atoms with Crippen LogP contribution in [0.25, 0.3) is 0 Å². The van der Waals surface area contributed by atoms with E-state index in [0.29, 0.717) is 5.75 Å². The maximum absolute atomic E-state index is 10.1. The van der Waals surface area contributed by atoms with Gasteiger partial charge in [-0.1, -0.05) is 111 Å². The lowest BCUT2D eigenvalue weighted by Crippen LogP contribution is -1.93. The number of ether oxygens (including phenoxy) is 1. The molecule has 1 aromatic carbocycles. The molecule has 0 saturated carbocycles. The molecular formula is C30H54O2. The second-order valence-corrected chi connectivity index (χ2v) is 10.0. The normalized spacial score (nSPS) is 10.8. The Bertz CT molecular complexity index is 548. The number of hydrogen-bond acceptors (Lipinski definition) is 2. The minimum atomic E-state index is 0.484. The summed E-state index contributed by atoms with van der Waals surface area (Å²) in [5.41, 5.74) is 2.54. The smallest absolute Gasteiger partial charge is 0.118 e. The molecular weight excluding hydrogens is 392 g/mol. The first-order valence-electron chi connectivity index (χ1n) is 13.4. The topological polar surface area (TPSA) is 29.5 Å². The Balaban J connectivity index is 0.000000900. The molecule has 1 N–H and O–H groups in total. The van der Waals surface area contributed by atoms with E-state index in [4.69, 9.17) is 4.74 Å². The van der Waals surface area contributed by atoms with Crippen LogP contribution in [0.5, 0.6) is 5.75 Å². The van der Waals surface area contributed by atoms with Gasteiger partial charge in [-0.2, -0.15) is 0 Å². The van der Waals surface area contributed by atoms with E-state index in [1.165, 1.54) is 88.9 Å². The predicted molar refractivity (Wildman–Crippen MR) is 142 cm³/mol. The standard InChI is InChI=1S/C22H38O.C8H16O/c1-18(2)11-7-5-9-13-20-15-16-22(23)21(17-20)14-10-6-8-12-19(3)4;1-3-5-6-7-8-9-4-2/h15-19,23H,5-14H2,1-4H3;4H,2-3,5-8H2,1H3. The molecule has 1 rings (SSSR count). The minimum absolute atomic E-state index is 0.484. The van der Waals surface area contributed by atoms with Gasteiger partial charge in [-0.15, -0.1) is 0 Å². The Kier molecular flexibility index (Phi) is 20.4. The van der Waals surface area contributed by atoms with Gasteiger partial charge in [0.2, 0.25) is 0 Å². The zero-order chi connectivity index (χ0) is 24.0. The first-order chi connectivity index (χ1) is 15.4. The molecule has 1 aromatic rings. The van der Waals surface area contributed by atoms with Gasteiger partial charge >= 0.3 is 0 Å². The molecule has 32 heavy (non-hydrogen) atoms. The van der Waals surface area contributed by atoms with Crippen LogP contribution in [-0.4, -0.2) is 11.7 Å². The van der Waals surface area contributed by atoms with E-state index in [-0.39, 0.29) is 0 Å². The second-order valence-electron chi connectivity index (χ2n) is 10.0. The van der Waals surface area contributed by atoms with Crippen LogP contribution in [0.3, 0.4) is 0 Å². The van der Waals surface area contributed by atoms with Gasteiger partial charge in [0, 0.05) is 0 Å². The molecule has 186 valence electrons. The van der Waals surface area contributed by atoms with Crippen molar-refractivity contribution in [1.29, 1.82) is 0 Å². The largest absolute Gasteiger partial charge is 0.508 e. The molecule has 0 bridgehead atoms. The maximum atomic E-state index is 10.1. The molecule has 0 aromatic heterocycles. The van der Waals surface area contributed by atoms with Gasteiger partial charge in [-0.3, -0.25) is 0 Å². The lowest BCUT2D eigenvalue weighted by atomic mass is 9.98. The summed E-state index contributed by atoms with van der Waals surface area (Å²) in [7, 11) is 0. The first kappa shape index (κ1) is 30.6. The summed E-state index contributed by atoms with van der Waals surface area (Å²) in [5.74, 6) is 2.12. The zero-order valence-corrected chi connectivity index (χ0v) is 22.1. The van der Waals surface area contributed by atoms with Crippen molar-refractivity contribution in [3.63, 3.8) is 0 Å². The van der Waals surface area contributed by atoms with Crippen LogP contribution >= 0.6 is 0 Å². The zero-order valence-electron chi connectivity index (χ0n) is 22.1. The molecule has 0 aliphatic heterocycles. The summed E-state index contributed by atoms with van der Waals surface area (Å²) < 4.78 is 4.94. The van der Waals surface area contributed by atoms with Crippen molar-refractivity contribution in [3.05, 3.63) is 42.2 Å². The highest BCUT2D eigenvalue weighted by molar-refractivity contribution is 5.36. The molecule has 2 heteroatoms. The molecule has 0 heterocycles. The second kappa shape index (κ2) is 21.4. The Labute approximate surface area is 200 Å². The highest BCUT2D eigenvalue weighted by atomic mass is 16.5. The summed E-state index contributed by atoms with van der Waals surface area (Å²) in [6.07, 6.45) is 19.1. The lowest BCUT2D eigenvalue weighted by molar-refractivity contribution is 0.242. The molecule has 0 fully saturated rings. The van der Waals surface area contributed by atoms with Crippen LogP contribution in [0.15, 0.2) is 31.0 Å². The third kappa shape index (κ3) is 19.3. The van der Waals surface area contributed by atoms with Crippen LogP contribution in [0, 0.1) is 11.8 Å². The van der Waals surface area contributed by atoms with Gasteiger partial charge in [-0.05, 0) is 61.1 Å². The Morgan fingerprint density at radius 1 is 0.812 bits per heavy atom. The third-order valence-electron chi connectivity index (χ3n) is 5.85. The van der Waals surface area contributed by atoms with E-state index in [1.54, 1.807) is 0 Å². The van der Waals surface area contributed by atoms with Crippen molar-refractivity contribution < 1.29 is 9.84 Å². The molecule has 0 aliphatic rings. The Morgan fingerprint density at radius 3 is 1.97 bits per heavy atom. The van der Waals surface area contributed by atoms with Crippen LogP contribution < -0.4 is 0 Å². The van der Waals surface area contributed by atoms with Crippen molar-refractivity contribution in [2.75, 3.05) is 6.61 Å². The molecule has 0 saturated heterocycles. The van der Waals surface area contributed by atoms with E-state index in [0.717, 1.165) is 36.8 Å². The van der Waals surface area contributed by atoms with E-state index in [2.05, 4.69) is 53.3 Å². The van der Waals surface area contributed by atoms with Crippen molar-refractivity contribution in [3.8, 4) is 5.75 Å². The van der Waals surface area contributed by atoms with Crippen LogP contribution in [0.1, 0.15) is 123 Å². The molecule has 0 amide bonds. The Morgan fingerprint density at radius 2 is 1.41 bits per heavy atom. The molecule has 0 spiro atoms. The van der Waals surface area contributed by atoms with Gasteiger partial charge in [0.05, 0.1) is 12.9 Å². The Hall–Kier alpha value is -1.44. The summed E-state index contributed by atoms with van der Waals surface area (Å²) in [6, 6.07) is 6.23. The number of unbranched alkanes of at least 4 members (excludes halogenated alkanes) is 7. The van der Waals surface area contributed by atoms with Crippen LogP contribution in [-0.2, 0) is 17.6 Å². The van der Waals surface area contributed by atoms with E-state index in [1.807, 2.05) is 6.07 Å². The molecule has 0 aliphatic carbocycles.